The van der Waals surface area contributed by atoms with Crippen molar-refractivity contribution in [3.8, 4) is 16.9 Å². The molecule has 0 spiro atoms. The number of hydrogen-bond acceptors (Lipinski definition) is 5. The molecule has 1 aromatic carbocycles. The fourth-order valence-electron chi connectivity index (χ4n) is 1.71. The minimum absolute atomic E-state index is 0.305. The van der Waals surface area contributed by atoms with Gasteiger partial charge in [0.05, 0.1) is 18.9 Å². The topological polar surface area (TPSA) is 61.3 Å². The van der Waals surface area contributed by atoms with Crippen molar-refractivity contribution in [3.63, 3.8) is 0 Å². The highest BCUT2D eigenvalue weighted by molar-refractivity contribution is 7.98. The molecule has 0 aliphatic carbocycles. The Labute approximate surface area is 104 Å². The van der Waals surface area contributed by atoms with Gasteiger partial charge in [0.25, 0.3) is 0 Å². The van der Waals surface area contributed by atoms with E-state index in [1.807, 2.05) is 18.4 Å². The number of ether oxygens (including phenoxy) is 1. The van der Waals surface area contributed by atoms with Crippen molar-refractivity contribution in [3.05, 3.63) is 23.9 Å². The summed E-state index contributed by atoms with van der Waals surface area (Å²) in [5, 5.41) is 3.69. The molecule has 90 valence electrons. The number of rotatable bonds is 3. The van der Waals surface area contributed by atoms with Gasteiger partial charge in [-0.1, -0.05) is 5.16 Å². The first-order chi connectivity index (χ1) is 8.17. The zero-order chi connectivity index (χ0) is 12.4. The maximum Gasteiger partial charge on any atom is 0.230 e. The lowest BCUT2D eigenvalue weighted by Crippen LogP contribution is -1.92. The van der Waals surface area contributed by atoms with Crippen LogP contribution in [0, 0.1) is 6.92 Å². The number of hydrogen-bond donors (Lipinski definition) is 1. The molecule has 0 saturated heterocycles. The quantitative estimate of drug-likeness (QED) is 0.848. The van der Waals surface area contributed by atoms with Crippen molar-refractivity contribution in [1.29, 1.82) is 0 Å². The van der Waals surface area contributed by atoms with Crippen molar-refractivity contribution in [2.75, 3.05) is 19.1 Å². The Hall–Kier alpha value is -1.62. The van der Waals surface area contributed by atoms with Crippen molar-refractivity contribution in [2.45, 2.75) is 11.8 Å². The first kappa shape index (κ1) is 11.9. The molecule has 2 N–H and O–H groups in total. The Morgan fingerprint density at radius 2 is 2.12 bits per heavy atom. The molecule has 0 aliphatic rings. The van der Waals surface area contributed by atoms with E-state index in [1.54, 1.807) is 25.1 Å². The van der Waals surface area contributed by atoms with E-state index in [9.17, 15) is 0 Å². The minimum atomic E-state index is 0.305. The molecule has 5 heteroatoms. The molecular weight excluding hydrogens is 236 g/mol. The predicted octanol–water partition coefficient (Wildman–Crippen LogP) is 2.96. The molecule has 0 atom stereocenters. The second-order valence-electron chi connectivity index (χ2n) is 3.63. The van der Waals surface area contributed by atoms with Gasteiger partial charge in [0.2, 0.25) is 5.88 Å². The van der Waals surface area contributed by atoms with Crippen molar-refractivity contribution in [2.24, 2.45) is 0 Å². The lowest BCUT2D eigenvalue weighted by atomic mass is 10.1. The fourth-order valence-corrected chi connectivity index (χ4v) is 2.33. The van der Waals surface area contributed by atoms with E-state index in [2.05, 4.69) is 12.1 Å². The van der Waals surface area contributed by atoms with E-state index < -0.39 is 0 Å². The highest BCUT2D eigenvalue weighted by Crippen LogP contribution is 2.37. The summed E-state index contributed by atoms with van der Waals surface area (Å²) in [6, 6.07) is 4.04. The third-order valence-corrected chi connectivity index (χ3v) is 3.49. The average molecular weight is 250 g/mol. The molecule has 17 heavy (non-hydrogen) atoms. The molecule has 0 amide bonds. The molecule has 0 radical (unpaired) electrons. The SMILES string of the molecule is COc1cc(C)c(SC)cc1-c1cnoc1N. The van der Waals surface area contributed by atoms with Crippen LogP contribution in [-0.4, -0.2) is 18.5 Å². The van der Waals surface area contributed by atoms with Crippen LogP contribution in [0.5, 0.6) is 5.75 Å². The zero-order valence-electron chi connectivity index (χ0n) is 9.98. The summed E-state index contributed by atoms with van der Waals surface area (Å²) < 4.78 is 10.3. The second-order valence-corrected chi connectivity index (χ2v) is 4.47. The number of nitrogens with two attached hydrogens (primary N) is 1. The first-order valence-corrected chi connectivity index (χ1v) is 6.33. The van der Waals surface area contributed by atoms with Crippen LogP contribution in [0.4, 0.5) is 5.88 Å². The molecule has 2 aromatic rings. The number of thioether (sulfide) groups is 1. The number of anilines is 1. The van der Waals surface area contributed by atoms with Crippen LogP contribution in [0.1, 0.15) is 5.56 Å². The molecule has 0 bridgehead atoms. The average Bonchev–Trinajstić information content (AvgIpc) is 2.75. The van der Waals surface area contributed by atoms with Gasteiger partial charge in [-0.3, -0.25) is 0 Å². The van der Waals surface area contributed by atoms with Crippen LogP contribution in [0.15, 0.2) is 27.7 Å². The highest BCUT2D eigenvalue weighted by atomic mass is 32.2. The van der Waals surface area contributed by atoms with Crippen LogP contribution in [-0.2, 0) is 0 Å². The van der Waals surface area contributed by atoms with Crippen LogP contribution in [0.3, 0.4) is 0 Å². The predicted molar refractivity (Wildman–Crippen MR) is 69.4 cm³/mol. The van der Waals surface area contributed by atoms with E-state index in [0.29, 0.717) is 5.88 Å². The number of methoxy groups -OCH3 is 1. The third-order valence-electron chi connectivity index (χ3n) is 2.61. The summed E-state index contributed by atoms with van der Waals surface area (Å²) in [5.41, 5.74) is 8.57. The first-order valence-electron chi connectivity index (χ1n) is 5.10. The monoisotopic (exact) mass is 250 g/mol. The normalized spacial score (nSPS) is 10.5. The largest absolute Gasteiger partial charge is 0.496 e. The molecule has 1 aromatic heterocycles. The standard InChI is InChI=1S/C12H14N2O2S/c1-7-4-10(15-2)8(5-11(7)17-3)9-6-14-16-12(9)13/h4-6H,13H2,1-3H3. The zero-order valence-corrected chi connectivity index (χ0v) is 10.8. The van der Waals surface area contributed by atoms with Gasteiger partial charge < -0.3 is 15.0 Å². The number of benzene rings is 1. The maximum atomic E-state index is 5.73. The van der Waals surface area contributed by atoms with Gasteiger partial charge in [0.15, 0.2) is 0 Å². The Morgan fingerprint density at radius 1 is 1.35 bits per heavy atom. The smallest absolute Gasteiger partial charge is 0.230 e. The fraction of sp³-hybridized carbons (Fsp3) is 0.250. The van der Waals surface area contributed by atoms with Crippen LogP contribution in [0.2, 0.25) is 0 Å². The van der Waals surface area contributed by atoms with Crippen molar-refractivity contribution >= 4 is 17.6 Å². The Bertz CT molecular complexity index is 537. The van der Waals surface area contributed by atoms with Gasteiger partial charge in [-0.05, 0) is 30.9 Å². The van der Waals surface area contributed by atoms with Gasteiger partial charge in [-0.25, -0.2) is 0 Å². The number of nitrogen functional groups attached to an aromatic ring is 1. The molecule has 1 heterocycles. The highest BCUT2D eigenvalue weighted by Gasteiger charge is 2.14. The van der Waals surface area contributed by atoms with Gasteiger partial charge >= 0.3 is 0 Å². The summed E-state index contributed by atoms with van der Waals surface area (Å²) in [6.45, 7) is 2.05. The third kappa shape index (κ3) is 2.10. The van der Waals surface area contributed by atoms with Crippen LogP contribution >= 0.6 is 11.8 Å². The van der Waals surface area contributed by atoms with Crippen LogP contribution in [0.25, 0.3) is 11.1 Å². The lowest BCUT2D eigenvalue weighted by molar-refractivity contribution is 0.415. The molecule has 0 aliphatic heterocycles. The maximum absolute atomic E-state index is 5.73. The van der Waals surface area contributed by atoms with E-state index >= 15 is 0 Å². The summed E-state index contributed by atoms with van der Waals surface area (Å²) in [6.07, 6.45) is 3.64. The lowest BCUT2D eigenvalue weighted by Gasteiger charge is -2.11. The summed E-state index contributed by atoms with van der Waals surface area (Å²) in [5.74, 6) is 1.08. The summed E-state index contributed by atoms with van der Waals surface area (Å²) >= 11 is 1.68. The molecule has 0 saturated carbocycles. The summed E-state index contributed by atoms with van der Waals surface area (Å²) in [4.78, 5) is 1.18. The van der Waals surface area contributed by atoms with E-state index in [0.717, 1.165) is 16.9 Å². The number of nitrogens with zero attached hydrogens (tertiary/aromatic N) is 1. The van der Waals surface area contributed by atoms with E-state index in [1.165, 1.54) is 10.5 Å². The van der Waals surface area contributed by atoms with Crippen LogP contribution < -0.4 is 10.5 Å². The second kappa shape index (κ2) is 4.71. The molecule has 0 fully saturated rings. The molecule has 4 nitrogen and oxygen atoms in total. The number of aromatic nitrogens is 1. The molecule has 0 unspecified atom stereocenters. The van der Waals surface area contributed by atoms with Gasteiger partial charge in [-0.15, -0.1) is 11.8 Å². The number of aryl methyl sites for hydroxylation is 1. The van der Waals surface area contributed by atoms with E-state index in [4.69, 9.17) is 15.0 Å². The van der Waals surface area contributed by atoms with Crippen molar-refractivity contribution in [1.82, 2.24) is 5.16 Å². The Balaban J connectivity index is 2.63. The Morgan fingerprint density at radius 3 is 2.65 bits per heavy atom. The van der Waals surface area contributed by atoms with Gasteiger partial charge in [0.1, 0.15) is 5.75 Å². The Kier molecular flexibility index (Phi) is 3.28. The minimum Gasteiger partial charge on any atom is -0.496 e. The molecular formula is C12H14N2O2S. The summed E-state index contributed by atoms with van der Waals surface area (Å²) in [7, 11) is 1.64. The molecule has 2 rings (SSSR count). The van der Waals surface area contributed by atoms with Gasteiger partial charge in [-0.2, -0.15) is 0 Å². The van der Waals surface area contributed by atoms with E-state index in [-0.39, 0.29) is 0 Å². The van der Waals surface area contributed by atoms with Crippen molar-refractivity contribution < 1.29 is 9.26 Å². The van der Waals surface area contributed by atoms with Gasteiger partial charge in [0, 0.05) is 10.5 Å².